The first-order valence-corrected chi connectivity index (χ1v) is 5.94. The summed E-state index contributed by atoms with van der Waals surface area (Å²) in [6.45, 7) is 6.47. The highest BCUT2D eigenvalue weighted by Gasteiger charge is 2.24. The van der Waals surface area contributed by atoms with Gasteiger partial charge < -0.3 is 5.11 Å². The van der Waals surface area contributed by atoms with E-state index in [0.29, 0.717) is 12.4 Å². The van der Waals surface area contributed by atoms with Gasteiger partial charge in [0.05, 0.1) is 5.69 Å². The summed E-state index contributed by atoms with van der Waals surface area (Å²) >= 11 is 0. The first kappa shape index (κ1) is 12.0. The lowest BCUT2D eigenvalue weighted by Gasteiger charge is -2.28. The molecule has 0 bridgehead atoms. The van der Waals surface area contributed by atoms with Gasteiger partial charge in [0.25, 0.3) is 0 Å². The molecule has 0 radical (unpaired) electrons. The number of carboxylic acid groups (broad SMARTS) is 1. The van der Waals surface area contributed by atoms with Crippen molar-refractivity contribution in [3.8, 4) is 0 Å². The lowest BCUT2D eigenvalue weighted by atomic mass is 10.0. The minimum atomic E-state index is -0.954. The molecule has 2 rings (SSSR count). The second kappa shape index (κ2) is 4.79. The number of hydrogen-bond acceptors (Lipinski definition) is 4. The maximum Gasteiger partial charge on any atom is 0.354 e. The third-order valence-electron chi connectivity index (χ3n) is 2.99. The van der Waals surface area contributed by atoms with E-state index >= 15 is 0 Å². The van der Waals surface area contributed by atoms with Crippen molar-refractivity contribution in [1.82, 2.24) is 14.9 Å². The van der Waals surface area contributed by atoms with E-state index in [1.807, 2.05) is 0 Å². The van der Waals surface area contributed by atoms with Crippen molar-refractivity contribution in [1.29, 1.82) is 0 Å². The monoisotopic (exact) mass is 235 g/mol. The smallest absolute Gasteiger partial charge is 0.354 e. The van der Waals surface area contributed by atoms with Gasteiger partial charge in [-0.1, -0.05) is 6.92 Å². The van der Waals surface area contributed by atoms with Crippen LogP contribution in [0.15, 0.2) is 0 Å². The maximum absolute atomic E-state index is 11.2. The second-order valence-electron chi connectivity index (χ2n) is 4.38. The van der Waals surface area contributed by atoms with E-state index in [2.05, 4.69) is 21.8 Å². The normalized spacial score (nSPS) is 15.6. The quantitative estimate of drug-likeness (QED) is 0.854. The predicted octanol–water partition coefficient (Wildman–Crippen LogP) is 1.25. The van der Waals surface area contributed by atoms with E-state index < -0.39 is 5.97 Å². The van der Waals surface area contributed by atoms with Gasteiger partial charge in [0.15, 0.2) is 5.69 Å². The number of aromatic nitrogens is 2. The van der Waals surface area contributed by atoms with Crippen molar-refractivity contribution in [2.45, 2.75) is 33.2 Å². The molecule has 92 valence electrons. The van der Waals surface area contributed by atoms with E-state index in [1.165, 1.54) is 0 Å². The van der Waals surface area contributed by atoms with E-state index in [-0.39, 0.29) is 5.69 Å². The van der Waals surface area contributed by atoms with E-state index in [4.69, 9.17) is 0 Å². The first-order valence-electron chi connectivity index (χ1n) is 5.94. The third kappa shape index (κ3) is 2.44. The SMILES string of the molecule is CCCN1CCc2nc(C)nc(C(=O)O)c2C1. The van der Waals surface area contributed by atoms with Crippen LogP contribution in [-0.2, 0) is 13.0 Å². The summed E-state index contributed by atoms with van der Waals surface area (Å²) in [6, 6.07) is 0. The number of hydrogen-bond donors (Lipinski definition) is 1. The van der Waals surface area contributed by atoms with Crippen LogP contribution < -0.4 is 0 Å². The zero-order valence-corrected chi connectivity index (χ0v) is 10.2. The van der Waals surface area contributed by atoms with Crippen LogP contribution >= 0.6 is 0 Å². The Labute approximate surface area is 100 Å². The first-order chi connectivity index (χ1) is 8.11. The largest absolute Gasteiger partial charge is 0.476 e. The van der Waals surface area contributed by atoms with Gasteiger partial charge >= 0.3 is 5.97 Å². The number of fused-ring (bicyclic) bond motifs is 1. The zero-order valence-electron chi connectivity index (χ0n) is 10.2. The Balaban J connectivity index is 2.37. The van der Waals surface area contributed by atoms with Crippen LogP contribution in [0.5, 0.6) is 0 Å². The highest BCUT2D eigenvalue weighted by Crippen LogP contribution is 2.20. The van der Waals surface area contributed by atoms with Crippen LogP contribution in [-0.4, -0.2) is 39.0 Å². The van der Waals surface area contributed by atoms with Gasteiger partial charge in [-0.25, -0.2) is 14.8 Å². The predicted molar refractivity (Wildman–Crippen MR) is 63.0 cm³/mol. The Hall–Kier alpha value is -1.49. The minimum Gasteiger partial charge on any atom is -0.476 e. The summed E-state index contributed by atoms with van der Waals surface area (Å²) in [6.07, 6.45) is 1.89. The molecule has 5 nitrogen and oxygen atoms in total. The van der Waals surface area contributed by atoms with Gasteiger partial charge in [0.2, 0.25) is 0 Å². The summed E-state index contributed by atoms with van der Waals surface area (Å²) in [5.74, 6) is -0.407. The lowest BCUT2D eigenvalue weighted by molar-refractivity contribution is 0.0686. The molecule has 0 saturated heterocycles. The van der Waals surface area contributed by atoms with E-state index in [0.717, 1.165) is 37.2 Å². The summed E-state index contributed by atoms with van der Waals surface area (Å²) in [7, 11) is 0. The summed E-state index contributed by atoms with van der Waals surface area (Å²) in [5.41, 5.74) is 1.87. The Morgan fingerprint density at radius 2 is 2.24 bits per heavy atom. The Kier molecular flexibility index (Phi) is 3.38. The average Bonchev–Trinajstić information content (AvgIpc) is 2.28. The third-order valence-corrected chi connectivity index (χ3v) is 2.99. The Morgan fingerprint density at radius 1 is 1.47 bits per heavy atom. The van der Waals surface area contributed by atoms with Crippen LogP contribution in [0.1, 0.15) is 40.9 Å². The molecule has 17 heavy (non-hydrogen) atoms. The minimum absolute atomic E-state index is 0.174. The van der Waals surface area contributed by atoms with Gasteiger partial charge in [0.1, 0.15) is 5.82 Å². The molecule has 2 heterocycles. The Morgan fingerprint density at radius 3 is 2.88 bits per heavy atom. The lowest BCUT2D eigenvalue weighted by Crippen LogP contribution is -2.33. The molecular formula is C12H17N3O2. The van der Waals surface area contributed by atoms with E-state index in [1.54, 1.807) is 6.92 Å². The fraction of sp³-hybridized carbons (Fsp3) is 0.583. The summed E-state index contributed by atoms with van der Waals surface area (Å²) < 4.78 is 0. The molecule has 0 unspecified atom stereocenters. The van der Waals surface area contributed by atoms with Crippen molar-refractivity contribution in [2.24, 2.45) is 0 Å². The van der Waals surface area contributed by atoms with Gasteiger partial charge in [-0.3, -0.25) is 4.90 Å². The van der Waals surface area contributed by atoms with Crippen LogP contribution in [0.3, 0.4) is 0 Å². The molecule has 0 aromatic carbocycles. The van der Waals surface area contributed by atoms with Crippen LogP contribution in [0.4, 0.5) is 0 Å². The van der Waals surface area contributed by atoms with Crippen molar-refractivity contribution in [3.63, 3.8) is 0 Å². The van der Waals surface area contributed by atoms with Crippen LogP contribution in [0.2, 0.25) is 0 Å². The zero-order chi connectivity index (χ0) is 12.4. The van der Waals surface area contributed by atoms with E-state index in [9.17, 15) is 9.90 Å². The molecule has 0 atom stereocenters. The Bertz CT molecular complexity index is 446. The average molecular weight is 235 g/mol. The number of rotatable bonds is 3. The number of aromatic carboxylic acids is 1. The molecule has 1 aromatic rings. The topological polar surface area (TPSA) is 66.3 Å². The van der Waals surface area contributed by atoms with Crippen molar-refractivity contribution in [2.75, 3.05) is 13.1 Å². The highest BCUT2D eigenvalue weighted by molar-refractivity contribution is 5.87. The van der Waals surface area contributed by atoms with Crippen molar-refractivity contribution in [3.05, 3.63) is 22.8 Å². The van der Waals surface area contributed by atoms with Crippen molar-refractivity contribution < 1.29 is 9.90 Å². The molecule has 0 fully saturated rings. The van der Waals surface area contributed by atoms with Crippen LogP contribution in [0.25, 0.3) is 0 Å². The number of carbonyl (C=O) groups is 1. The van der Waals surface area contributed by atoms with Gasteiger partial charge in [-0.15, -0.1) is 0 Å². The standard InChI is InChI=1S/C12H17N3O2/c1-3-5-15-6-4-10-9(7-15)11(12(16)17)14-8(2)13-10/h3-7H2,1-2H3,(H,16,17). The highest BCUT2D eigenvalue weighted by atomic mass is 16.4. The molecule has 0 aliphatic carbocycles. The van der Waals surface area contributed by atoms with Crippen molar-refractivity contribution >= 4 is 5.97 Å². The molecule has 1 N–H and O–H groups in total. The number of carboxylic acids is 1. The molecule has 5 heteroatoms. The van der Waals surface area contributed by atoms with Gasteiger partial charge in [-0.2, -0.15) is 0 Å². The fourth-order valence-corrected chi connectivity index (χ4v) is 2.28. The second-order valence-corrected chi connectivity index (χ2v) is 4.38. The van der Waals surface area contributed by atoms with Gasteiger partial charge in [-0.05, 0) is 19.9 Å². The number of nitrogens with zero attached hydrogens (tertiary/aromatic N) is 3. The maximum atomic E-state index is 11.2. The summed E-state index contributed by atoms with van der Waals surface area (Å²) in [4.78, 5) is 21.8. The molecule has 1 aliphatic heterocycles. The number of aryl methyl sites for hydroxylation is 1. The molecule has 1 aromatic heterocycles. The molecule has 0 amide bonds. The summed E-state index contributed by atoms with van der Waals surface area (Å²) in [5, 5.41) is 9.17. The van der Waals surface area contributed by atoms with Crippen LogP contribution in [0, 0.1) is 6.92 Å². The van der Waals surface area contributed by atoms with Gasteiger partial charge in [0, 0.05) is 25.1 Å². The fourth-order valence-electron chi connectivity index (χ4n) is 2.28. The molecule has 0 spiro atoms. The molecule has 1 aliphatic rings. The molecular weight excluding hydrogens is 218 g/mol. The molecule has 0 saturated carbocycles.